The van der Waals surface area contributed by atoms with Crippen LogP contribution in [0.2, 0.25) is 0 Å². The summed E-state index contributed by atoms with van der Waals surface area (Å²) in [7, 11) is 0. The number of fused-ring (bicyclic) bond motifs is 4. The average Bonchev–Trinajstić information content (AvgIpc) is 3.35. The zero-order chi connectivity index (χ0) is 25.0. The first-order valence-electron chi connectivity index (χ1n) is 12.5. The standard InChI is InChI=1S/C33H25N3S/c1-33(2)25-18-10-11-19-28(25)36(30-24-17-9-12-20-29(24)37-31(30)33)32-34-26(22-13-5-3-6-14-22)21-27(35-32)23-15-7-4-8-16-23/h3-21H,1-2H3. The highest BCUT2D eigenvalue weighted by atomic mass is 32.1. The molecule has 1 aliphatic heterocycles. The summed E-state index contributed by atoms with van der Waals surface area (Å²) in [6.07, 6.45) is 0. The van der Waals surface area contributed by atoms with Gasteiger partial charge in [-0.3, -0.25) is 4.90 Å². The fraction of sp³-hybridized carbons (Fsp3) is 0.0909. The van der Waals surface area contributed by atoms with Crippen LogP contribution in [0.3, 0.4) is 0 Å². The van der Waals surface area contributed by atoms with Crippen molar-refractivity contribution in [3.05, 3.63) is 126 Å². The summed E-state index contributed by atoms with van der Waals surface area (Å²) in [4.78, 5) is 14.0. The zero-order valence-corrected chi connectivity index (χ0v) is 21.5. The number of hydrogen-bond acceptors (Lipinski definition) is 4. The molecule has 0 fully saturated rings. The van der Waals surface area contributed by atoms with Gasteiger partial charge in [0.2, 0.25) is 5.95 Å². The van der Waals surface area contributed by atoms with Gasteiger partial charge in [0.15, 0.2) is 0 Å². The molecule has 0 atom stereocenters. The molecule has 0 saturated carbocycles. The summed E-state index contributed by atoms with van der Waals surface area (Å²) in [6.45, 7) is 4.65. The van der Waals surface area contributed by atoms with E-state index in [-0.39, 0.29) is 5.41 Å². The molecule has 0 aliphatic carbocycles. The molecule has 2 aromatic heterocycles. The van der Waals surface area contributed by atoms with Crippen molar-refractivity contribution in [2.75, 3.05) is 4.90 Å². The normalized spacial score (nSPS) is 13.8. The number of para-hydroxylation sites is 1. The van der Waals surface area contributed by atoms with Gasteiger partial charge in [-0.05, 0) is 23.8 Å². The molecule has 4 heteroatoms. The van der Waals surface area contributed by atoms with Crippen LogP contribution in [0.4, 0.5) is 17.3 Å². The van der Waals surface area contributed by atoms with E-state index in [1.807, 2.05) is 23.5 Å². The van der Waals surface area contributed by atoms with Crippen molar-refractivity contribution < 1.29 is 0 Å². The molecule has 0 unspecified atom stereocenters. The number of thiophene rings is 1. The van der Waals surface area contributed by atoms with Crippen molar-refractivity contribution in [3.8, 4) is 22.5 Å². The van der Waals surface area contributed by atoms with Gasteiger partial charge in [-0.2, -0.15) is 0 Å². The second-order valence-corrected chi connectivity index (χ2v) is 11.0. The third-order valence-electron chi connectivity index (χ3n) is 7.23. The predicted octanol–water partition coefficient (Wildman–Crippen LogP) is 9.13. The van der Waals surface area contributed by atoms with Crippen molar-refractivity contribution >= 4 is 38.7 Å². The van der Waals surface area contributed by atoms with E-state index in [0.29, 0.717) is 5.95 Å². The average molecular weight is 496 g/mol. The lowest BCUT2D eigenvalue weighted by molar-refractivity contribution is 0.646. The first-order chi connectivity index (χ1) is 18.1. The smallest absolute Gasteiger partial charge is 0.235 e. The van der Waals surface area contributed by atoms with Gasteiger partial charge in [0, 0.05) is 31.5 Å². The van der Waals surface area contributed by atoms with Crippen molar-refractivity contribution in [2.45, 2.75) is 19.3 Å². The maximum Gasteiger partial charge on any atom is 0.235 e. The molecule has 3 nitrogen and oxygen atoms in total. The molecule has 0 N–H and O–H groups in total. The summed E-state index contributed by atoms with van der Waals surface area (Å²) in [6, 6.07) is 40.2. The Morgan fingerprint density at radius 2 is 1.22 bits per heavy atom. The molecule has 37 heavy (non-hydrogen) atoms. The van der Waals surface area contributed by atoms with Gasteiger partial charge >= 0.3 is 0 Å². The zero-order valence-electron chi connectivity index (χ0n) is 20.7. The van der Waals surface area contributed by atoms with Crippen molar-refractivity contribution in [1.29, 1.82) is 0 Å². The highest BCUT2D eigenvalue weighted by Crippen LogP contribution is 2.56. The van der Waals surface area contributed by atoms with Crippen LogP contribution < -0.4 is 4.90 Å². The predicted molar refractivity (Wildman–Crippen MR) is 155 cm³/mol. The second-order valence-electron chi connectivity index (χ2n) is 9.92. The number of nitrogens with zero attached hydrogens (tertiary/aromatic N) is 3. The summed E-state index contributed by atoms with van der Waals surface area (Å²) in [5.74, 6) is 0.688. The minimum absolute atomic E-state index is 0.134. The summed E-state index contributed by atoms with van der Waals surface area (Å²) < 4.78 is 1.28. The molecular weight excluding hydrogens is 470 g/mol. The lowest BCUT2D eigenvalue weighted by atomic mass is 9.78. The fourth-order valence-electron chi connectivity index (χ4n) is 5.37. The summed E-state index contributed by atoms with van der Waals surface area (Å²) in [5.41, 5.74) is 7.44. The van der Waals surface area contributed by atoms with Crippen LogP contribution in [0.25, 0.3) is 32.6 Å². The molecule has 4 aromatic carbocycles. The van der Waals surface area contributed by atoms with E-state index in [0.717, 1.165) is 28.2 Å². The molecule has 0 saturated heterocycles. The van der Waals surface area contributed by atoms with Crippen LogP contribution in [-0.4, -0.2) is 9.97 Å². The highest BCUT2D eigenvalue weighted by molar-refractivity contribution is 7.20. The van der Waals surface area contributed by atoms with Crippen molar-refractivity contribution in [3.63, 3.8) is 0 Å². The van der Waals surface area contributed by atoms with Gasteiger partial charge in [-0.25, -0.2) is 9.97 Å². The molecule has 0 bridgehead atoms. The SMILES string of the molecule is CC1(C)c2ccccc2N(c2nc(-c3ccccc3)cc(-c3ccccc3)n2)c2c1sc1ccccc21. The maximum absolute atomic E-state index is 5.20. The lowest BCUT2D eigenvalue weighted by Crippen LogP contribution is -2.30. The van der Waals surface area contributed by atoms with Gasteiger partial charge in [-0.15, -0.1) is 11.3 Å². The Morgan fingerprint density at radius 1 is 0.649 bits per heavy atom. The van der Waals surface area contributed by atoms with Crippen LogP contribution >= 0.6 is 11.3 Å². The fourth-order valence-corrected chi connectivity index (χ4v) is 6.68. The van der Waals surface area contributed by atoms with E-state index in [2.05, 4.69) is 122 Å². The Labute approximate surface area is 220 Å². The van der Waals surface area contributed by atoms with Gasteiger partial charge < -0.3 is 0 Å². The maximum atomic E-state index is 5.20. The molecule has 178 valence electrons. The lowest BCUT2D eigenvalue weighted by Gasteiger charge is -2.39. The van der Waals surface area contributed by atoms with Gasteiger partial charge in [0.05, 0.1) is 22.8 Å². The number of hydrogen-bond donors (Lipinski definition) is 0. The van der Waals surface area contributed by atoms with Crippen LogP contribution in [0.1, 0.15) is 24.3 Å². The summed E-state index contributed by atoms with van der Waals surface area (Å²) >= 11 is 1.87. The molecule has 1 aliphatic rings. The summed E-state index contributed by atoms with van der Waals surface area (Å²) in [5, 5.41) is 1.24. The number of anilines is 3. The van der Waals surface area contributed by atoms with Gasteiger partial charge in [0.1, 0.15) is 0 Å². The Balaban J connectivity index is 1.56. The first kappa shape index (κ1) is 22.0. The Hall–Kier alpha value is -4.28. The number of benzene rings is 4. The minimum atomic E-state index is -0.134. The minimum Gasteiger partial charge on any atom is -0.277 e. The first-order valence-corrected chi connectivity index (χ1v) is 13.3. The van der Waals surface area contributed by atoms with Crippen LogP contribution in [0.15, 0.2) is 115 Å². The molecule has 6 aromatic rings. The third-order valence-corrected chi connectivity index (χ3v) is 8.72. The highest BCUT2D eigenvalue weighted by Gasteiger charge is 2.40. The number of aromatic nitrogens is 2. The van der Waals surface area contributed by atoms with Crippen LogP contribution in [0, 0.1) is 0 Å². The Kier molecular flexibility index (Phi) is 4.98. The molecule has 0 amide bonds. The van der Waals surface area contributed by atoms with Crippen LogP contribution in [-0.2, 0) is 5.41 Å². The third kappa shape index (κ3) is 3.48. The van der Waals surface area contributed by atoms with Crippen molar-refractivity contribution in [2.24, 2.45) is 0 Å². The van der Waals surface area contributed by atoms with E-state index in [1.54, 1.807) is 0 Å². The van der Waals surface area contributed by atoms with E-state index in [4.69, 9.17) is 9.97 Å². The Bertz CT molecular complexity index is 1700. The largest absolute Gasteiger partial charge is 0.277 e. The van der Waals surface area contributed by atoms with Crippen molar-refractivity contribution in [1.82, 2.24) is 9.97 Å². The second kappa shape index (κ2) is 8.39. The molecule has 3 heterocycles. The molecule has 0 spiro atoms. The van der Waals surface area contributed by atoms with E-state index in [9.17, 15) is 0 Å². The Morgan fingerprint density at radius 3 is 1.89 bits per heavy atom. The van der Waals surface area contributed by atoms with E-state index < -0.39 is 0 Å². The van der Waals surface area contributed by atoms with E-state index >= 15 is 0 Å². The van der Waals surface area contributed by atoms with Gasteiger partial charge in [0.25, 0.3) is 0 Å². The monoisotopic (exact) mass is 495 g/mol. The quantitative estimate of drug-likeness (QED) is 0.245. The number of rotatable bonds is 3. The molecular formula is C33H25N3S. The molecule has 7 rings (SSSR count). The topological polar surface area (TPSA) is 29.0 Å². The van der Waals surface area contributed by atoms with E-state index in [1.165, 1.54) is 26.2 Å². The van der Waals surface area contributed by atoms with Gasteiger partial charge in [-0.1, -0.05) is 111 Å². The van der Waals surface area contributed by atoms with Crippen LogP contribution in [0.5, 0.6) is 0 Å². The molecule has 0 radical (unpaired) electrons.